The summed E-state index contributed by atoms with van der Waals surface area (Å²) in [6.07, 6.45) is 0. The first-order valence-electron chi connectivity index (χ1n) is 19.4. The lowest BCUT2D eigenvalue weighted by molar-refractivity contribution is 0.671. The third kappa shape index (κ3) is 4.31. The summed E-state index contributed by atoms with van der Waals surface area (Å²) in [5, 5.41) is 11.7. The van der Waals surface area contributed by atoms with Crippen LogP contribution < -0.4 is 0 Å². The summed E-state index contributed by atoms with van der Waals surface area (Å²) < 4.78 is 11.6. The van der Waals surface area contributed by atoms with Gasteiger partial charge in [-0.15, -0.1) is 0 Å². The van der Waals surface area contributed by atoms with Gasteiger partial charge in [-0.3, -0.25) is 4.57 Å². The van der Waals surface area contributed by atoms with Gasteiger partial charge in [0.2, 0.25) is 0 Å². The standard InChI is InChI=1S/C52H29ClN4O/c53-51-52(55-41-20-10-9-19-40(41)54-51)57-44-26-23-32(31-22-25-43-38(28-31)35-16-8-11-21-42(35)56(43)33-13-2-1-3-14-33)29-39(44)46-36-17-6-7-18-37(36)48-47-34-15-5-4-12-30(34)24-27-45(47)58-50(48)49(46)57/h1-29H. The lowest BCUT2D eigenvalue weighted by Gasteiger charge is -2.11. The first kappa shape index (κ1) is 31.7. The minimum atomic E-state index is 0.324. The molecular formula is C52H29ClN4O. The Balaban J connectivity index is 1.16. The molecular weight excluding hydrogens is 732 g/mol. The zero-order chi connectivity index (χ0) is 38.1. The average molecular weight is 761 g/mol. The highest BCUT2D eigenvalue weighted by atomic mass is 35.5. The molecule has 9 aromatic carbocycles. The van der Waals surface area contributed by atoms with Gasteiger partial charge in [0.25, 0.3) is 0 Å². The van der Waals surface area contributed by atoms with Crippen LogP contribution in [0.3, 0.4) is 0 Å². The van der Waals surface area contributed by atoms with Crippen LogP contribution in [0.4, 0.5) is 0 Å². The fraction of sp³-hybridized carbons (Fsp3) is 0. The van der Waals surface area contributed by atoms with Crippen LogP contribution in [0.5, 0.6) is 0 Å². The summed E-state index contributed by atoms with van der Waals surface area (Å²) in [5.41, 5.74) is 10.8. The third-order valence-corrected chi connectivity index (χ3v) is 12.2. The van der Waals surface area contributed by atoms with Crippen molar-refractivity contribution in [3.05, 3.63) is 181 Å². The average Bonchev–Trinajstić information content (AvgIpc) is 3.95. The van der Waals surface area contributed by atoms with Crippen LogP contribution in [0.15, 0.2) is 180 Å². The van der Waals surface area contributed by atoms with Gasteiger partial charge in [0, 0.05) is 38.0 Å². The molecule has 4 aromatic heterocycles. The second-order valence-corrected chi connectivity index (χ2v) is 15.4. The molecule has 0 amide bonds. The van der Waals surface area contributed by atoms with E-state index in [1.54, 1.807) is 0 Å². The molecule has 13 rings (SSSR count). The predicted molar refractivity (Wildman–Crippen MR) is 241 cm³/mol. The first-order chi connectivity index (χ1) is 28.7. The van der Waals surface area contributed by atoms with Gasteiger partial charge in [0.15, 0.2) is 16.6 Å². The first-order valence-corrected chi connectivity index (χ1v) is 19.8. The maximum absolute atomic E-state index is 7.17. The van der Waals surface area contributed by atoms with Crippen LogP contribution in [0.25, 0.3) is 121 Å². The molecule has 5 nitrogen and oxygen atoms in total. The number of benzene rings is 9. The highest BCUT2D eigenvalue weighted by Gasteiger charge is 2.26. The molecule has 0 aliphatic heterocycles. The fourth-order valence-corrected chi connectivity index (χ4v) is 9.73. The van der Waals surface area contributed by atoms with E-state index in [2.05, 4.69) is 161 Å². The molecule has 0 aliphatic rings. The summed E-state index contributed by atoms with van der Waals surface area (Å²) in [5.74, 6) is 0.560. The van der Waals surface area contributed by atoms with Crippen molar-refractivity contribution < 1.29 is 4.42 Å². The number of halogens is 1. The molecule has 0 bridgehead atoms. The Morgan fingerprint density at radius 3 is 1.83 bits per heavy atom. The molecule has 6 heteroatoms. The highest BCUT2D eigenvalue weighted by molar-refractivity contribution is 6.38. The van der Waals surface area contributed by atoms with E-state index in [0.717, 1.165) is 87.8 Å². The van der Waals surface area contributed by atoms with Crippen molar-refractivity contribution in [2.24, 2.45) is 0 Å². The van der Waals surface area contributed by atoms with Crippen LogP contribution >= 0.6 is 11.6 Å². The van der Waals surface area contributed by atoms with E-state index in [0.29, 0.717) is 11.0 Å². The van der Waals surface area contributed by atoms with Gasteiger partial charge in [-0.25, -0.2) is 9.97 Å². The van der Waals surface area contributed by atoms with Gasteiger partial charge in [-0.2, -0.15) is 0 Å². The molecule has 58 heavy (non-hydrogen) atoms. The second kappa shape index (κ2) is 11.8. The number of para-hydroxylation sites is 4. The topological polar surface area (TPSA) is 48.8 Å². The van der Waals surface area contributed by atoms with Crippen LogP contribution in [-0.4, -0.2) is 19.1 Å². The maximum Gasteiger partial charge on any atom is 0.176 e. The SMILES string of the molecule is Clc1nc2ccccc2nc1-n1c2ccc(-c3ccc4c(c3)c3ccccc3n4-c3ccccc3)cc2c2c3ccccc3c3c(oc4ccc5ccccc5c43)c21. The molecule has 0 saturated carbocycles. The van der Waals surface area contributed by atoms with Gasteiger partial charge in [0.1, 0.15) is 5.58 Å². The van der Waals surface area contributed by atoms with Gasteiger partial charge < -0.3 is 8.98 Å². The fourth-order valence-electron chi connectivity index (χ4n) is 9.51. The Hall–Kier alpha value is -7.47. The number of furan rings is 1. The van der Waals surface area contributed by atoms with Gasteiger partial charge >= 0.3 is 0 Å². The van der Waals surface area contributed by atoms with Crippen molar-refractivity contribution in [2.45, 2.75) is 0 Å². The van der Waals surface area contributed by atoms with Crippen molar-refractivity contribution in [2.75, 3.05) is 0 Å². The van der Waals surface area contributed by atoms with E-state index < -0.39 is 0 Å². The monoisotopic (exact) mass is 760 g/mol. The molecule has 0 radical (unpaired) electrons. The Bertz CT molecular complexity index is 3880. The number of nitrogens with zero attached hydrogens (tertiary/aromatic N) is 4. The Morgan fingerprint density at radius 2 is 1.03 bits per heavy atom. The van der Waals surface area contributed by atoms with E-state index in [-0.39, 0.29) is 0 Å². The van der Waals surface area contributed by atoms with Crippen molar-refractivity contribution in [1.82, 2.24) is 19.1 Å². The number of rotatable bonds is 3. The molecule has 0 N–H and O–H groups in total. The van der Waals surface area contributed by atoms with E-state index in [1.807, 2.05) is 24.3 Å². The summed E-state index contributed by atoms with van der Waals surface area (Å²) in [7, 11) is 0. The molecule has 0 saturated heterocycles. The Kier molecular flexibility index (Phi) is 6.44. The van der Waals surface area contributed by atoms with Gasteiger partial charge in [-0.1, -0.05) is 127 Å². The zero-order valence-electron chi connectivity index (χ0n) is 30.8. The molecule has 0 atom stereocenters. The summed E-state index contributed by atoms with van der Waals surface area (Å²) in [4.78, 5) is 10.1. The van der Waals surface area contributed by atoms with Crippen molar-refractivity contribution >= 4 is 110 Å². The molecule has 4 heterocycles. The molecule has 270 valence electrons. The minimum absolute atomic E-state index is 0.324. The summed E-state index contributed by atoms with van der Waals surface area (Å²) in [6, 6.07) is 62.2. The molecule has 13 aromatic rings. The molecule has 0 spiro atoms. The number of aromatic nitrogens is 4. The quantitative estimate of drug-likeness (QED) is 0.180. The normalized spacial score (nSPS) is 12.2. The van der Waals surface area contributed by atoms with Crippen molar-refractivity contribution in [3.63, 3.8) is 0 Å². The lowest BCUT2D eigenvalue weighted by Crippen LogP contribution is -2.01. The molecule has 0 aliphatic carbocycles. The maximum atomic E-state index is 7.17. The summed E-state index contributed by atoms with van der Waals surface area (Å²) >= 11 is 7.17. The Labute approximate surface area is 335 Å². The number of fused-ring (bicyclic) bond motifs is 16. The Morgan fingerprint density at radius 1 is 0.431 bits per heavy atom. The number of hydrogen-bond acceptors (Lipinski definition) is 3. The second-order valence-electron chi connectivity index (χ2n) is 15.0. The minimum Gasteiger partial charge on any atom is -0.454 e. The van der Waals surface area contributed by atoms with Gasteiger partial charge in [-0.05, 0) is 93.3 Å². The molecule has 0 fully saturated rings. The van der Waals surface area contributed by atoms with Crippen molar-refractivity contribution in [3.8, 4) is 22.6 Å². The van der Waals surface area contributed by atoms with E-state index in [9.17, 15) is 0 Å². The smallest absolute Gasteiger partial charge is 0.176 e. The van der Waals surface area contributed by atoms with Crippen molar-refractivity contribution in [1.29, 1.82) is 0 Å². The van der Waals surface area contributed by atoms with Crippen LogP contribution in [0.2, 0.25) is 5.15 Å². The third-order valence-electron chi connectivity index (χ3n) is 12.0. The largest absolute Gasteiger partial charge is 0.454 e. The van der Waals surface area contributed by atoms with E-state index >= 15 is 0 Å². The number of hydrogen-bond donors (Lipinski definition) is 0. The van der Waals surface area contributed by atoms with E-state index in [4.69, 9.17) is 26.0 Å². The van der Waals surface area contributed by atoms with Crippen LogP contribution in [-0.2, 0) is 0 Å². The highest BCUT2D eigenvalue weighted by Crippen LogP contribution is 2.48. The predicted octanol–water partition coefficient (Wildman–Crippen LogP) is 14.4. The van der Waals surface area contributed by atoms with Crippen LogP contribution in [0, 0.1) is 0 Å². The van der Waals surface area contributed by atoms with Gasteiger partial charge in [0.05, 0.1) is 33.1 Å². The van der Waals surface area contributed by atoms with E-state index in [1.165, 1.54) is 27.2 Å². The molecule has 0 unspecified atom stereocenters. The van der Waals surface area contributed by atoms with Crippen LogP contribution in [0.1, 0.15) is 0 Å². The lowest BCUT2D eigenvalue weighted by atomic mass is 9.95. The summed E-state index contributed by atoms with van der Waals surface area (Å²) in [6.45, 7) is 0. The zero-order valence-corrected chi connectivity index (χ0v) is 31.6.